The van der Waals surface area contributed by atoms with Crippen LogP contribution in [0.1, 0.15) is 19.4 Å². The summed E-state index contributed by atoms with van der Waals surface area (Å²) < 4.78 is 12.3. The highest BCUT2D eigenvalue weighted by molar-refractivity contribution is 6.30. The van der Waals surface area contributed by atoms with Crippen molar-refractivity contribution in [1.82, 2.24) is 19.9 Å². The number of methoxy groups -OCH3 is 2. The molecule has 38 heavy (non-hydrogen) atoms. The van der Waals surface area contributed by atoms with Gasteiger partial charge in [-0.3, -0.25) is 9.59 Å². The average Bonchev–Trinajstić information content (AvgIpc) is 3.32. The summed E-state index contributed by atoms with van der Waals surface area (Å²) in [7, 11) is 3.07. The topological polar surface area (TPSA) is 98.6 Å². The molecule has 0 aliphatic carbocycles. The molecule has 0 fully saturated rings. The number of halogens is 1. The number of nitrogens with zero attached hydrogens (tertiary/aromatic N) is 4. The Hall–Kier alpha value is -4.11. The Kier molecular flexibility index (Phi) is 8.48. The predicted molar refractivity (Wildman–Crippen MR) is 146 cm³/mol. The fourth-order valence-electron chi connectivity index (χ4n) is 4.29. The molecule has 0 aliphatic heterocycles. The van der Waals surface area contributed by atoms with Gasteiger partial charge in [-0.15, -0.1) is 5.10 Å². The molecule has 1 unspecified atom stereocenters. The molecule has 0 saturated carbocycles. The standard InChI is InChI=1S/C28H30ClN5O4/c1-18(2)27(28(36)30-23-14-13-21(37-3)15-25(23)38-4)33(16-19-9-11-20(29)12-10-19)26(35)17-34-24-8-6-5-7-22(24)31-32-34/h5-15,18,27H,16-17H2,1-4H3,(H,30,36). The molecule has 0 bridgehead atoms. The van der Waals surface area contributed by atoms with Gasteiger partial charge in [0.15, 0.2) is 0 Å². The first-order valence-electron chi connectivity index (χ1n) is 12.2. The van der Waals surface area contributed by atoms with Crippen molar-refractivity contribution >= 4 is 40.1 Å². The molecule has 0 spiro atoms. The lowest BCUT2D eigenvalue weighted by atomic mass is 10.00. The maximum atomic E-state index is 13.8. The number of anilines is 1. The summed E-state index contributed by atoms with van der Waals surface area (Å²) in [5.41, 5.74) is 2.74. The normalized spacial score (nSPS) is 11.8. The summed E-state index contributed by atoms with van der Waals surface area (Å²) in [6, 6.07) is 19.0. The summed E-state index contributed by atoms with van der Waals surface area (Å²) in [6.07, 6.45) is 0. The molecule has 0 radical (unpaired) electrons. The molecule has 9 nitrogen and oxygen atoms in total. The quantitative estimate of drug-likeness (QED) is 0.313. The van der Waals surface area contributed by atoms with Crippen molar-refractivity contribution in [3.05, 3.63) is 77.3 Å². The molecule has 1 N–H and O–H groups in total. The number of hydrogen-bond acceptors (Lipinski definition) is 6. The summed E-state index contributed by atoms with van der Waals surface area (Å²) >= 11 is 6.08. The molecular weight excluding hydrogens is 506 g/mol. The van der Waals surface area contributed by atoms with Gasteiger partial charge in [0.25, 0.3) is 0 Å². The highest BCUT2D eigenvalue weighted by Crippen LogP contribution is 2.30. The third-order valence-corrected chi connectivity index (χ3v) is 6.45. The molecule has 0 saturated heterocycles. The van der Waals surface area contributed by atoms with Gasteiger partial charge in [0, 0.05) is 17.6 Å². The SMILES string of the molecule is COc1ccc(NC(=O)C(C(C)C)N(Cc2ccc(Cl)cc2)C(=O)Cn2nnc3ccccc32)c(OC)c1. The minimum Gasteiger partial charge on any atom is -0.497 e. The fourth-order valence-corrected chi connectivity index (χ4v) is 4.42. The highest BCUT2D eigenvalue weighted by Gasteiger charge is 2.33. The third-order valence-electron chi connectivity index (χ3n) is 6.19. The van der Waals surface area contributed by atoms with Crippen molar-refractivity contribution in [2.75, 3.05) is 19.5 Å². The van der Waals surface area contributed by atoms with Crippen LogP contribution in [0.4, 0.5) is 5.69 Å². The van der Waals surface area contributed by atoms with Crippen LogP contribution in [0.15, 0.2) is 66.7 Å². The number of carbonyl (C=O) groups is 2. The van der Waals surface area contributed by atoms with Crippen LogP contribution in [-0.4, -0.2) is 52.0 Å². The first-order chi connectivity index (χ1) is 18.3. The van der Waals surface area contributed by atoms with Gasteiger partial charge in [0.05, 0.1) is 25.4 Å². The monoisotopic (exact) mass is 535 g/mol. The Labute approximate surface area is 226 Å². The van der Waals surface area contributed by atoms with Crippen LogP contribution in [-0.2, 0) is 22.7 Å². The van der Waals surface area contributed by atoms with Gasteiger partial charge in [0.1, 0.15) is 29.6 Å². The van der Waals surface area contributed by atoms with E-state index in [2.05, 4.69) is 15.6 Å². The van der Waals surface area contributed by atoms with E-state index in [4.69, 9.17) is 21.1 Å². The Balaban J connectivity index is 1.66. The Bertz CT molecular complexity index is 1420. The molecule has 4 aromatic rings. The van der Waals surface area contributed by atoms with Crippen LogP contribution in [0, 0.1) is 5.92 Å². The van der Waals surface area contributed by atoms with Gasteiger partial charge in [-0.05, 0) is 47.9 Å². The average molecular weight is 536 g/mol. The smallest absolute Gasteiger partial charge is 0.247 e. The van der Waals surface area contributed by atoms with Crippen LogP contribution in [0.2, 0.25) is 5.02 Å². The Morgan fingerprint density at radius 3 is 2.45 bits per heavy atom. The molecular formula is C28H30ClN5O4. The van der Waals surface area contributed by atoms with E-state index in [-0.39, 0.29) is 30.8 Å². The molecule has 1 aromatic heterocycles. The fraction of sp³-hybridized carbons (Fsp3) is 0.286. The van der Waals surface area contributed by atoms with Crippen LogP contribution in [0.5, 0.6) is 11.5 Å². The van der Waals surface area contributed by atoms with Crippen LogP contribution in [0.25, 0.3) is 11.0 Å². The number of carbonyl (C=O) groups excluding carboxylic acids is 2. The van der Waals surface area contributed by atoms with Gasteiger partial charge in [0.2, 0.25) is 11.8 Å². The predicted octanol–water partition coefficient (Wildman–Crippen LogP) is 4.79. The number of benzene rings is 3. The number of ether oxygens (including phenoxy) is 2. The third kappa shape index (κ3) is 6.06. The van der Waals surface area contributed by atoms with Crippen molar-refractivity contribution in [1.29, 1.82) is 0 Å². The maximum absolute atomic E-state index is 13.8. The van der Waals surface area contributed by atoms with Crippen molar-refractivity contribution in [3.63, 3.8) is 0 Å². The van der Waals surface area contributed by atoms with E-state index in [0.29, 0.717) is 27.7 Å². The van der Waals surface area contributed by atoms with E-state index in [1.165, 1.54) is 7.11 Å². The molecule has 1 heterocycles. The summed E-state index contributed by atoms with van der Waals surface area (Å²) in [5.74, 6) is 0.230. The van der Waals surface area contributed by atoms with E-state index < -0.39 is 6.04 Å². The minimum absolute atomic E-state index is 0.0730. The van der Waals surface area contributed by atoms with E-state index in [1.54, 1.807) is 47.0 Å². The van der Waals surface area contributed by atoms with Crippen molar-refractivity contribution in [3.8, 4) is 11.5 Å². The first-order valence-corrected chi connectivity index (χ1v) is 12.5. The van der Waals surface area contributed by atoms with E-state index in [1.807, 2.05) is 50.2 Å². The second-order valence-corrected chi connectivity index (χ2v) is 9.56. The molecule has 0 aliphatic rings. The number of aromatic nitrogens is 3. The number of fused-ring (bicyclic) bond motifs is 1. The largest absolute Gasteiger partial charge is 0.497 e. The van der Waals surface area contributed by atoms with Gasteiger partial charge in [-0.25, -0.2) is 4.68 Å². The van der Waals surface area contributed by atoms with Crippen molar-refractivity contribution < 1.29 is 19.1 Å². The minimum atomic E-state index is -0.792. The number of amides is 2. The van der Waals surface area contributed by atoms with E-state index in [9.17, 15) is 9.59 Å². The maximum Gasteiger partial charge on any atom is 0.247 e. The lowest BCUT2D eigenvalue weighted by molar-refractivity contribution is -0.141. The molecule has 4 rings (SSSR count). The number of hydrogen-bond donors (Lipinski definition) is 1. The zero-order valence-electron chi connectivity index (χ0n) is 21.7. The summed E-state index contributed by atoms with van der Waals surface area (Å²) in [5, 5.41) is 11.8. The molecule has 2 amide bonds. The van der Waals surface area contributed by atoms with Crippen LogP contribution < -0.4 is 14.8 Å². The van der Waals surface area contributed by atoms with Gasteiger partial charge < -0.3 is 19.7 Å². The van der Waals surface area contributed by atoms with Crippen molar-refractivity contribution in [2.24, 2.45) is 5.92 Å². The zero-order chi connectivity index (χ0) is 27.2. The highest BCUT2D eigenvalue weighted by atomic mass is 35.5. The van der Waals surface area contributed by atoms with Crippen LogP contribution >= 0.6 is 11.6 Å². The van der Waals surface area contributed by atoms with Gasteiger partial charge in [-0.2, -0.15) is 0 Å². The Morgan fingerprint density at radius 2 is 1.76 bits per heavy atom. The van der Waals surface area contributed by atoms with Crippen LogP contribution in [0.3, 0.4) is 0 Å². The van der Waals surface area contributed by atoms with Gasteiger partial charge >= 0.3 is 0 Å². The second kappa shape index (κ2) is 12.0. The second-order valence-electron chi connectivity index (χ2n) is 9.13. The zero-order valence-corrected chi connectivity index (χ0v) is 22.5. The van der Waals surface area contributed by atoms with E-state index >= 15 is 0 Å². The number of nitrogens with one attached hydrogen (secondary N) is 1. The summed E-state index contributed by atoms with van der Waals surface area (Å²) in [6.45, 7) is 3.94. The number of rotatable bonds is 10. The first kappa shape index (κ1) is 26.9. The Morgan fingerprint density at radius 1 is 1.03 bits per heavy atom. The van der Waals surface area contributed by atoms with Crippen molar-refractivity contribution in [2.45, 2.75) is 33.0 Å². The molecule has 10 heteroatoms. The summed E-state index contributed by atoms with van der Waals surface area (Å²) in [4.78, 5) is 29.1. The number of para-hydroxylation sites is 1. The molecule has 3 aromatic carbocycles. The van der Waals surface area contributed by atoms with E-state index in [0.717, 1.165) is 11.1 Å². The van der Waals surface area contributed by atoms with Gasteiger partial charge in [-0.1, -0.05) is 54.9 Å². The molecule has 1 atom stereocenters. The lowest BCUT2D eigenvalue weighted by Gasteiger charge is -2.34. The lowest BCUT2D eigenvalue weighted by Crippen LogP contribution is -2.50. The molecule has 198 valence electrons.